The number of hydrogen-bond acceptors (Lipinski definition) is 7. The second kappa shape index (κ2) is 14.1. The first kappa shape index (κ1) is 24.3. The van der Waals surface area contributed by atoms with Gasteiger partial charge in [0.25, 0.3) is 5.91 Å². The van der Waals surface area contributed by atoms with E-state index < -0.39 is 0 Å². The van der Waals surface area contributed by atoms with Crippen LogP contribution in [-0.2, 0) is 20.8 Å². The van der Waals surface area contributed by atoms with Gasteiger partial charge in [-0.05, 0) is 25.0 Å². The number of rotatable bonds is 14. The molecule has 0 aliphatic heterocycles. The van der Waals surface area contributed by atoms with Gasteiger partial charge in [-0.3, -0.25) is 9.59 Å². The zero-order valence-corrected chi connectivity index (χ0v) is 19.1. The van der Waals surface area contributed by atoms with Gasteiger partial charge in [-0.1, -0.05) is 18.2 Å². The van der Waals surface area contributed by atoms with E-state index in [9.17, 15) is 9.59 Å². The maximum atomic E-state index is 12.8. The Hall–Kier alpha value is -1.94. The van der Waals surface area contributed by atoms with Crippen molar-refractivity contribution in [2.24, 2.45) is 0 Å². The van der Waals surface area contributed by atoms with Crippen LogP contribution in [0.15, 0.2) is 40.6 Å². The lowest BCUT2D eigenvalue weighted by Gasteiger charge is -2.21. The topological polar surface area (TPSA) is 80.8 Å². The molecule has 0 unspecified atom stereocenters. The zero-order valence-electron chi connectivity index (χ0n) is 17.5. The highest BCUT2D eigenvalue weighted by Crippen LogP contribution is 2.19. The molecule has 0 spiro atoms. The van der Waals surface area contributed by atoms with Crippen LogP contribution in [0.2, 0.25) is 0 Å². The van der Waals surface area contributed by atoms with E-state index in [1.54, 1.807) is 24.5 Å². The van der Waals surface area contributed by atoms with E-state index in [2.05, 4.69) is 10.3 Å². The molecule has 1 aromatic heterocycles. The van der Waals surface area contributed by atoms with Gasteiger partial charge < -0.3 is 19.7 Å². The summed E-state index contributed by atoms with van der Waals surface area (Å²) in [6.07, 6.45) is 1.50. The molecule has 0 bridgehead atoms. The number of benzene rings is 1. The quantitative estimate of drug-likeness (QED) is 0.351. The molecule has 9 heteroatoms. The predicted molar refractivity (Wildman–Crippen MR) is 120 cm³/mol. The fourth-order valence-electron chi connectivity index (χ4n) is 2.60. The number of nitrogens with zero attached hydrogens (tertiary/aromatic N) is 2. The summed E-state index contributed by atoms with van der Waals surface area (Å²) in [6.45, 7) is 2.70. The normalized spacial score (nSPS) is 10.7. The molecule has 2 rings (SSSR count). The van der Waals surface area contributed by atoms with E-state index in [1.807, 2.05) is 30.3 Å². The second-order valence-corrected chi connectivity index (χ2v) is 8.48. The van der Waals surface area contributed by atoms with Crippen LogP contribution in [-0.4, -0.2) is 68.0 Å². The molecule has 0 saturated heterocycles. The van der Waals surface area contributed by atoms with Crippen molar-refractivity contribution < 1.29 is 19.1 Å². The molecule has 0 radical (unpaired) electrons. The first-order valence-electron chi connectivity index (χ1n) is 9.80. The summed E-state index contributed by atoms with van der Waals surface area (Å²) >= 11 is 2.91. The third kappa shape index (κ3) is 8.83. The largest absolute Gasteiger partial charge is 0.385 e. The van der Waals surface area contributed by atoms with E-state index in [4.69, 9.17) is 9.47 Å². The second-order valence-electron chi connectivity index (χ2n) is 6.49. The molecule has 0 aliphatic rings. The summed E-state index contributed by atoms with van der Waals surface area (Å²) in [6, 6.07) is 9.86. The number of hydrogen-bond donors (Lipinski definition) is 1. The van der Waals surface area contributed by atoms with Crippen LogP contribution in [0.25, 0.3) is 0 Å². The van der Waals surface area contributed by atoms with Crippen LogP contribution in [0.4, 0.5) is 0 Å². The Morgan fingerprint density at radius 3 is 2.60 bits per heavy atom. The number of carbonyl (C=O) groups excluding carboxylic acids is 2. The first-order chi connectivity index (χ1) is 14.6. The molecular formula is C21H29N3O4S2. The van der Waals surface area contributed by atoms with Gasteiger partial charge in [-0.25, -0.2) is 4.98 Å². The molecule has 0 saturated carbocycles. The smallest absolute Gasteiger partial charge is 0.270 e. The average molecular weight is 452 g/mol. The number of ether oxygens (including phenoxy) is 2. The first-order valence-corrected chi connectivity index (χ1v) is 11.7. The third-order valence-electron chi connectivity index (χ3n) is 4.16. The van der Waals surface area contributed by atoms with Gasteiger partial charge in [0.05, 0.1) is 12.3 Å². The van der Waals surface area contributed by atoms with Crippen molar-refractivity contribution in [2.75, 3.05) is 46.3 Å². The maximum Gasteiger partial charge on any atom is 0.270 e. The van der Waals surface area contributed by atoms with Gasteiger partial charge in [0.15, 0.2) is 0 Å². The molecule has 1 aromatic carbocycles. The van der Waals surface area contributed by atoms with Crippen molar-refractivity contribution in [3.8, 4) is 0 Å². The monoisotopic (exact) mass is 451 g/mol. The van der Waals surface area contributed by atoms with Crippen molar-refractivity contribution in [2.45, 2.75) is 24.3 Å². The number of thioether (sulfide) groups is 1. The van der Waals surface area contributed by atoms with Gasteiger partial charge in [-0.2, -0.15) is 0 Å². The van der Waals surface area contributed by atoms with E-state index in [0.29, 0.717) is 44.3 Å². The minimum atomic E-state index is -0.203. The summed E-state index contributed by atoms with van der Waals surface area (Å²) in [5, 5.41) is 5.31. The number of carbonyl (C=O) groups is 2. The molecule has 2 aromatic rings. The highest BCUT2D eigenvalue weighted by Gasteiger charge is 2.17. The SMILES string of the molecule is COCCCNC(=O)c1csc(CN(CCCOC)C(=O)CSc2ccccc2)n1. The Morgan fingerprint density at radius 2 is 1.87 bits per heavy atom. The van der Waals surface area contributed by atoms with E-state index in [0.717, 1.165) is 22.7 Å². The number of nitrogens with one attached hydrogen (secondary N) is 1. The van der Waals surface area contributed by atoms with Crippen LogP contribution in [0.5, 0.6) is 0 Å². The van der Waals surface area contributed by atoms with Crippen molar-refractivity contribution in [3.05, 3.63) is 46.4 Å². The molecular weight excluding hydrogens is 422 g/mol. The average Bonchev–Trinajstić information content (AvgIpc) is 3.24. The summed E-state index contributed by atoms with van der Waals surface area (Å²) in [5.41, 5.74) is 0.385. The molecule has 1 N–H and O–H groups in total. The van der Waals surface area contributed by atoms with E-state index in [1.165, 1.54) is 23.1 Å². The Balaban J connectivity index is 1.92. The molecule has 0 fully saturated rings. The van der Waals surface area contributed by atoms with Crippen LogP contribution >= 0.6 is 23.1 Å². The van der Waals surface area contributed by atoms with E-state index in [-0.39, 0.29) is 11.8 Å². The van der Waals surface area contributed by atoms with Gasteiger partial charge in [-0.15, -0.1) is 23.1 Å². The minimum Gasteiger partial charge on any atom is -0.385 e. The summed E-state index contributed by atoms with van der Waals surface area (Å²) in [4.78, 5) is 32.3. The third-order valence-corrected chi connectivity index (χ3v) is 5.99. The molecule has 0 atom stereocenters. The lowest BCUT2D eigenvalue weighted by atomic mass is 10.3. The standard InChI is InChI=1S/C21H29N3O4S2/c1-27-12-6-10-22-21(26)18-15-30-19(23-18)14-24(11-7-13-28-2)20(25)16-29-17-8-4-3-5-9-17/h3-5,8-9,15H,6-7,10-14,16H2,1-2H3,(H,22,26). The van der Waals surface area contributed by atoms with Gasteiger partial charge >= 0.3 is 0 Å². The number of methoxy groups -OCH3 is 2. The lowest BCUT2D eigenvalue weighted by Crippen LogP contribution is -2.33. The summed E-state index contributed by atoms with van der Waals surface area (Å²) in [7, 11) is 3.28. The fourth-order valence-corrected chi connectivity index (χ4v) is 4.22. The number of amides is 2. The van der Waals surface area contributed by atoms with Crippen LogP contribution in [0.1, 0.15) is 28.3 Å². The Kier molecular flexibility index (Phi) is 11.5. The van der Waals surface area contributed by atoms with Gasteiger partial charge in [0.1, 0.15) is 10.7 Å². The van der Waals surface area contributed by atoms with Gasteiger partial charge in [0.2, 0.25) is 5.91 Å². The molecule has 7 nitrogen and oxygen atoms in total. The zero-order chi connectivity index (χ0) is 21.6. The summed E-state index contributed by atoms with van der Waals surface area (Å²) in [5.74, 6) is 0.195. The summed E-state index contributed by atoms with van der Waals surface area (Å²) < 4.78 is 10.1. The Morgan fingerprint density at radius 1 is 1.13 bits per heavy atom. The van der Waals surface area contributed by atoms with E-state index >= 15 is 0 Å². The molecule has 30 heavy (non-hydrogen) atoms. The van der Waals surface area contributed by atoms with Crippen molar-refractivity contribution in [1.29, 1.82) is 0 Å². The van der Waals surface area contributed by atoms with Crippen molar-refractivity contribution >= 4 is 34.9 Å². The number of aromatic nitrogens is 1. The van der Waals surface area contributed by atoms with Crippen LogP contribution in [0, 0.1) is 0 Å². The lowest BCUT2D eigenvalue weighted by molar-refractivity contribution is -0.129. The predicted octanol–water partition coefficient (Wildman–Crippen LogP) is 3.07. The highest BCUT2D eigenvalue weighted by atomic mass is 32.2. The Bertz CT molecular complexity index is 771. The molecule has 1 heterocycles. The van der Waals surface area contributed by atoms with Gasteiger partial charge in [0, 0.05) is 50.8 Å². The molecule has 164 valence electrons. The minimum absolute atomic E-state index is 0.0423. The maximum absolute atomic E-state index is 12.8. The van der Waals surface area contributed by atoms with Crippen LogP contribution < -0.4 is 5.32 Å². The Labute approximate surface area is 186 Å². The highest BCUT2D eigenvalue weighted by molar-refractivity contribution is 8.00. The van der Waals surface area contributed by atoms with Crippen LogP contribution in [0.3, 0.4) is 0 Å². The molecule has 0 aliphatic carbocycles. The van der Waals surface area contributed by atoms with Crippen molar-refractivity contribution in [3.63, 3.8) is 0 Å². The number of thiazole rings is 1. The fraction of sp³-hybridized carbons (Fsp3) is 0.476. The molecule has 2 amide bonds. The van der Waals surface area contributed by atoms with Crippen molar-refractivity contribution in [1.82, 2.24) is 15.2 Å².